The summed E-state index contributed by atoms with van der Waals surface area (Å²) in [6.45, 7) is 3.43. The molecule has 8 nitrogen and oxygen atoms in total. The maximum Gasteiger partial charge on any atom is 0.316 e. The van der Waals surface area contributed by atoms with Crippen LogP contribution in [0.3, 0.4) is 0 Å². The summed E-state index contributed by atoms with van der Waals surface area (Å²) in [5, 5.41) is 0. The molecule has 0 N–H and O–H groups in total. The Morgan fingerprint density at radius 3 is 2.62 bits per heavy atom. The monoisotopic (exact) mass is 397 g/mol. The predicted molar refractivity (Wildman–Crippen MR) is 106 cm³/mol. The van der Waals surface area contributed by atoms with Gasteiger partial charge in [0.15, 0.2) is 0 Å². The number of aryl methyl sites for hydroxylation is 1. The van der Waals surface area contributed by atoms with Gasteiger partial charge in [-0.25, -0.2) is 9.97 Å². The van der Waals surface area contributed by atoms with Crippen molar-refractivity contribution in [1.82, 2.24) is 24.3 Å². The largest absolute Gasteiger partial charge is 0.463 e. The van der Waals surface area contributed by atoms with E-state index in [0.29, 0.717) is 31.5 Å². The number of piperidine rings is 1. The summed E-state index contributed by atoms with van der Waals surface area (Å²) >= 11 is 0. The number of hydrogen-bond acceptors (Lipinski definition) is 5. The molecule has 0 radical (unpaired) electrons. The molecule has 1 atom stereocenters. The second kappa shape index (κ2) is 8.63. The smallest absolute Gasteiger partial charge is 0.316 e. The molecule has 1 unspecified atom stereocenters. The minimum absolute atomic E-state index is 0.0912. The molecule has 0 aliphatic carbocycles. The molecule has 2 aromatic rings. The molecule has 2 saturated heterocycles. The van der Waals surface area contributed by atoms with E-state index in [2.05, 4.69) is 9.97 Å². The Kier molecular flexibility index (Phi) is 5.78. The Morgan fingerprint density at radius 2 is 1.93 bits per heavy atom. The van der Waals surface area contributed by atoms with Crippen molar-refractivity contribution in [2.75, 3.05) is 32.8 Å². The van der Waals surface area contributed by atoms with Gasteiger partial charge in [-0.3, -0.25) is 9.59 Å². The van der Waals surface area contributed by atoms with Gasteiger partial charge in [0.05, 0.1) is 6.61 Å². The van der Waals surface area contributed by atoms with Crippen LogP contribution in [0.4, 0.5) is 0 Å². The lowest BCUT2D eigenvalue weighted by Gasteiger charge is -2.34. The van der Waals surface area contributed by atoms with E-state index in [1.807, 2.05) is 39.7 Å². The second-order valence-corrected chi connectivity index (χ2v) is 7.95. The van der Waals surface area contributed by atoms with Crippen LogP contribution >= 0.6 is 0 Å². The third-order valence-electron chi connectivity index (χ3n) is 5.83. The van der Waals surface area contributed by atoms with Gasteiger partial charge in [0.1, 0.15) is 5.69 Å². The van der Waals surface area contributed by atoms with Crippen molar-refractivity contribution in [1.29, 1.82) is 0 Å². The molecule has 0 bridgehead atoms. The van der Waals surface area contributed by atoms with Crippen LogP contribution in [0.5, 0.6) is 6.01 Å². The topological polar surface area (TPSA) is 80.6 Å². The van der Waals surface area contributed by atoms with Gasteiger partial charge in [-0.05, 0) is 37.0 Å². The number of rotatable bonds is 6. The number of aromatic nitrogens is 3. The Labute approximate surface area is 170 Å². The molecule has 154 valence electrons. The number of likely N-dealkylation sites (tertiary alicyclic amines) is 2. The van der Waals surface area contributed by atoms with Crippen molar-refractivity contribution < 1.29 is 14.3 Å². The average Bonchev–Trinajstić information content (AvgIpc) is 3.32. The van der Waals surface area contributed by atoms with Crippen molar-refractivity contribution in [2.24, 2.45) is 18.9 Å². The highest BCUT2D eigenvalue weighted by Gasteiger charge is 2.33. The predicted octanol–water partition coefficient (Wildman–Crippen LogP) is 1.59. The zero-order valence-corrected chi connectivity index (χ0v) is 16.7. The van der Waals surface area contributed by atoms with Crippen molar-refractivity contribution >= 4 is 11.8 Å². The van der Waals surface area contributed by atoms with Crippen LogP contribution in [0.1, 0.15) is 29.8 Å². The van der Waals surface area contributed by atoms with Crippen molar-refractivity contribution in [2.45, 2.75) is 19.3 Å². The fraction of sp³-hybridized carbons (Fsp3) is 0.524. The molecule has 2 aliphatic heterocycles. The second-order valence-electron chi connectivity index (χ2n) is 7.95. The quantitative estimate of drug-likeness (QED) is 0.740. The molecule has 2 aliphatic rings. The molecule has 2 fully saturated rings. The first kappa shape index (κ1) is 19.4. The van der Waals surface area contributed by atoms with Gasteiger partial charge in [0.25, 0.3) is 5.91 Å². The van der Waals surface area contributed by atoms with Gasteiger partial charge in [0.2, 0.25) is 5.91 Å². The molecule has 0 spiro atoms. The fourth-order valence-electron chi connectivity index (χ4n) is 4.17. The van der Waals surface area contributed by atoms with Gasteiger partial charge in [-0.1, -0.05) is 0 Å². The molecule has 4 rings (SSSR count). The Morgan fingerprint density at radius 1 is 1.17 bits per heavy atom. The molecular formula is C21H27N5O3. The standard InChI is InChI=1S/C21H27N5O3/c1-24-9-2-4-18(24)20(28)25-10-5-16(6-11-25)13-26-14-17(12-19(26)27)15-29-21-22-7-3-8-23-21/h2-4,7-9,16-17H,5-6,10-15H2,1H3. The lowest BCUT2D eigenvalue weighted by Crippen LogP contribution is -2.42. The maximum atomic E-state index is 12.6. The van der Waals surface area contributed by atoms with Gasteiger partial charge < -0.3 is 19.1 Å². The van der Waals surface area contributed by atoms with Gasteiger partial charge >= 0.3 is 6.01 Å². The van der Waals surface area contributed by atoms with Crippen LogP contribution in [0.15, 0.2) is 36.8 Å². The summed E-state index contributed by atoms with van der Waals surface area (Å²) in [7, 11) is 1.89. The van der Waals surface area contributed by atoms with E-state index in [1.54, 1.807) is 18.5 Å². The fourth-order valence-corrected chi connectivity index (χ4v) is 4.17. The molecular weight excluding hydrogens is 370 g/mol. The number of ether oxygens (including phenoxy) is 1. The molecule has 0 saturated carbocycles. The average molecular weight is 397 g/mol. The van der Waals surface area contributed by atoms with E-state index < -0.39 is 0 Å². The minimum atomic E-state index is 0.0912. The minimum Gasteiger partial charge on any atom is -0.463 e. The molecule has 2 aromatic heterocycles. The molecule has 2 amide bonds. The summed E-state index contributed by atoms with van der Waals surface area (Å²) in [6, 6.07) is 5.85. The molecule has 29 heavy (non-hydrogen) atoms. The van der Waals surface area contributed by atoms with Crippen molar-refractivity contribution in [3.63, 3.8) is 0 Å². The van der Waals surface area contributed by atoms with Gasteiger partial charge in [-0.15, -0.1) is 0 Å². The first-order valence-corrected chi connectivity index (χ1v) is 10.2. The van der Waals surface area contributed by atoms with Gasteiger partial charge in [0, 0.05) is 64.2 Å². The zero-order valence-electron chi connectivity index (χ0n) is 16.7. The van der Waals surface area contributed by atoms with E-state index >= 15 is 0 Å². The molecule has 0 aromatic carbocycles. The zero-order chi connectivity index (χ0) is 20.2. The Balaban J connectivity index is 1.22. The summed E-state index contributed by atoms with van der Waals surface area (Å²) in [5.41, 5.74) is 0.725. The van der Waals surface area contributed by atoms with Crippen LogP contribution in [-0.4, -0.2) is 68.9 Å². The summed E-state index contributed by atoms with van der Waals surface area (Å²) in [6.07, 6.45) is 7.55. The summed E-state index contributed by atoms with van der Waals surface area (Å²) in [4.78, 5) is 37.0. The number of carbonyl (C=O) groups is 2. The molecule has 8 heteroatoms. The van der Waals surface area contributed by atoms with Crippen LogP contribution in [-0.2, 0) is 11.8 Å². The number of carbonyl (C=O) groups excluding carboxylic acids is 2. The first-order valence-electron chi connectivity index (χ1n) is 10.2. The highest BCUT2D eigenvalue weighted by atomic mass is 16.5. The molecule has 4 heterocycles. The van der Waals surface area contributed by atoms with Gasteiger partial charge in [-0.2, -0.15) is 0 Å². The van der Waals surface area contributed by atoms with E-state index in [4.69, 9.17) is 4.74 Å². The lowest BCUT2D eigenvalue weighted by molar-refractivity contribution is -0.128. The third-order valence-corrected chi connectivity index (χ3v) is 5.83. The van der Waals surface area contributed by atoms with E-state index in [9.17, 15) is 9.59 Å². The van der Waals surface area contributed by atoms with Crippen molar-refractivity contribution in [3.05, 3.63) is 42.5 Å². The Hall–Kier alpha value is -2.90. The van der Waals surface area contributed by atoms with Crippen molar-refractivity contribution in [3.8, 4) is 6.01 Å². The first-order chi connectivity index (χ1) is 14.1. The summed E-state index contributed by atoms with van der Waals surface area (Å²) in [5.74, 6) is 0.891. The lowest BCUT2D eigenvalue weighted by atomic mass is 9.96. The highest BCUT2D eigenvalue weighted by Crippen LogP contribution is 2.25. The highest BCUT2D eigenvalue weighted by molar-refractivity contribution is 5.92. The number of nitrogens with zero attached hydrogens (tertiary/aromatic N) is 5. The van der Waals surface area contributed by atoms with E-state index in [1.165, 1.54) is 0 Å². The van der Waals surface area contributed by atoms with E-state index in [0.717, 1.165) is 38.2 Å². The van der Waals surface area contributed by atoms with Crippen LogP contribution in [0.25, 0.3) is 0 Å². The Bertz CT molecular complexity index is 845. The normalized spacial score (nSPS) is 20.3. The maximum absolute atomic E-state index is 12.6. The van der Waals surface area contributed by atoms with Crippen LogP contribution < -0.4 is 4.74 Å². The van der Waals surface area contributed by atoms with Crippen LogP contribution in [0, 0.1) is 11.8 Å². The summed E-state index contributed by atoms with van der Waals surface area (Å²) < 4.78 is 7.48. The number of hydrogen-bond donors (Lipinski definition) is 0. The van der Waals surface area contributed by atoms with Crippen LogP contribution in [0.2, 0.25) is 0 Å². The SMILES string of the molecule is Cn1cccc1C(=O)N1CCC(CN2CC(COc3ncccn3)CC2=O)CC1. The third kappa shape index (κ3) is 4.58. The number of amides is 2. The van der Waals surface area contributed by atoms with E-state index in [-0.39, 0.29) is 17.7 Å².